The maximum absolute atomic E-state index is 11.1. The SMILES string of the molecule is CCC(N1CCN(C(N)=O)CC1)[Si](OC)(OC)OC. The number of nitrogens with two attached hydrogens (primary N) is 1. The van der Waals surface area contributed by atoms with Crippen molar-refractivity contribution in [1.29, 1.82) is 0 Å². The lowest BCUT2D eigenvalue weighted by Gasteiger charge is -2.43. The summed E-state index contributed by atoms with van der Waals surface area (Å²) >= 11 is 0. The van der Waals surface area contributed by atoms with E-state index in [-0.39, 0.29) is 11.7 Å². The van der Waals surface area contributed by atoms with Crippen molar-refractivity contribution >= 4 is 14.8 Å². The molecule has 1 saturated heterocycles. The van der Waals surface area contributed by atoms with E-state index in [1.165, 1.54) is 0 Å². The lowest BCUT2D eigenvalue weighted by Crippen LogP contribution is -2.64. The van der Waals surface area contributed by atoms with E-state index in [9.17, 15) is 4.79 Å². The molecular formula is C11H25N3O4Si. The van der Waals surface area contributed by atoms with Gasteiger partial charge in [0, 0.05) is 47.5 Å². The second-order valence-electron chi connectivity index (χ2n) is 4.50. The molecule has 2 N–H and O–H groups in total. The van der Waals surface area contributed by atoms with Crippen molar-refractivity contribution in [2.75, 3.05) is 47.5 Å². The molecule has 0 aromatic rings. The van der Waals surface area contributed by atoms with E-state index in [2.05, 4.69) is 11.8 Å². The van der Waals surface area contributed by atoms with Gasteiger partial charge in [-0.15, -0.1) is 0 Å². The molecule has 0 aromatic heterocycles. The van der Waals surface area contributed by atoms with Gasteiger partial charge in [0.05, 0.1) is 5.67 Å². The van der Waals surface area contributed by atoms with Gasteiger partial charge in [0.1, 0.15) is 0 Å². The van der Waals surface area contributed by atoms with E-state index in [1.54, 1.807) is 26.2 Å². The van der Waals surface area contributed by atoms with Crippen molar-refractivity contribution in [1.82, 2.24) is 9.80 Å². The summed E-state index contributed by atoms with van der Waals surface area (Å²) in [6.07, 6.45) is 0.873. The van der Waals surface area contributed by atoms with Gasteiger partial charge in [0.15, 0.2) is 0 Å². The summed E-state index contributed by atoms with van der Waals surface area (Å²) in [7, 11) is 2.19. The molecule has 19 heavy (non-hydrogen) atoms. The van der Waals surface area contributed by atoms with Crippen molar-refractivity contribution in [2.24, 2.45) is 5.73 Å². The molecule has 0 radical (unpaired) electrons. The van der Waals surface area contributed by atoms with Crippen LogP contribution in [0.3, 0.4) is 0 Å². The van der Waals surface area contributed by atoms with Crippen LogP contribution in [0.1, 0.15) is 13.3 Å². The summed E-state index contributed by atoms with van der Waals surface area (Å²) in [5.74, 6) is 0. The Morgan fingerprint density at radius 1 is 1.16 bits per heavy atom. The Bertz CT molecular complexity index is 285. The highest BCUT2D eigenvalue weighted by molar-refractivity contribution is 6.62. The van der Waals surface area contributed by atoms with Crippen LogP contribution in [0.2, 0.25) is 0 Å². The summed E-state index contributed by atoms with van der Waals surface area (Å²) < 4.78 is 16.7. The Hall–Kier alpha value is -0.673. The first-order chi connectivity index (χ1) is 9.04. The number of primary amides is 1. The summed E-state index contributed by atoms with van der Waals surface area (Å²) in [6.45, 7) is 4.86. The van der Waals surface area contributed by atoms with Crippen molar-refractivity contribution in [3.05, 3.63) is 0 Å². The lowest BCUT2D eigenvalue weighted by molar-refractivity contribution is 0.0554. The molecular weight excluding hydrogens is 266 g/mol. The summed E-state index contributed by atoms with van der Waals surface area (Å²) in [5, 5.41) is 0. The van der Waals surface area contributed by atoms with Crippen LogP contribution in [0.4, 0.5) is 4.79 Å². The quantitative estimate of drug-likeness (QED) is 0.690. The molecule has 1 rings (SSSR count). The molecule has 7 nitrogen and oxygen atoms in total. The summed E-state index contributed by atoms with van der Waals surface area (Å²) in [6, 6.07) is -0.360. The van der Waals surface area contributed by atoms with Crippen LogP contribution >= 0.6 is 0 Å². The highest BCUT2D eigenvalue weighted by Crippen LogP contribution is 2.21. The van der Waals surface area contributed by atoms with Crippen molar-refractivity contribution in [3.8, 4) is 0 Å². The Balaban J connectivity index is 2.74. The third-order valence-corrected chi connectivity index (χ3v) is 7.01. The monoisotopic (exact) mass is 291 g/mol. The number of hydrogen-bond donors (Lipinski definition) is 1. The van der Waals surface area contributed by atoms with Gasteiger partial charge in [-0.1, -0.05) is 6.92 Å². The third kappa shape index (κ3) is 3.45. The molecule has 1 aliphatic rings. The van der Waals surface area contributed by atoms with Gasteiger partial charge < -0.3 is 23.9 Å². The Morgan fingerprint density at radius 2 is 1.63 bits per heavy atom. The largest absolute Gasteiger partial charge is 0.518 e. The number of carbonyl (C=O) groups excluding carboxylic acids is 1. The van der Waals surface area contributed by atoms with E-state index in [1.807, 2.05) is 0 Å². The van der Waals surface area contributed by atoms with E-state index in [0.29, 0.717) is 13.1 Å². The molecule has 1 atom stereocenters. The first-order valence-electron chi connectivity index (χ1n) is 6.48. The Labute approximate surface area is 115 Å². The maximum atomic E-state index is 11.1. The predicted octanol–water partition coefficient (Wildman–Crippen LogP) is -0.121. The predicted molar refractivity (Wildman–Crippen MR) is 73.6 cm³/mol. The van der Waals surface area contributed by atoms with E-state index in [0.717, 1.165) is 19.5 Å². The van der Waals surface area contributed by atoms with Crippen LogP contribution in [-0.4, -0.2) is 77.8 Å². The number of carbonyl (C=O) groups is 1. The van der Waals surface area contributed by atoms with Crippen LogP contribution in [0.5, 0.6) is 0 Å². The number of urea groups is 1. The number of hydrogen-bond acceptors (Lipinski definition) is 5. The average molecular weight is 291 g/mol. The number of nitrogens with zero attached hydrogens (tertiary/aromatic N) is 2. The van der Waals surface area contributed by atoms with E-state index >= 15 is 0 Å². The summed E-state index contributed by atoms with van der Waals surface area (Å²) in [5.41, 5.74) is 5.39. The van der Waals surface area contributed by atoms with Crippen LogP contribution < -0.4 is 5.73 Å². The standard InChI is InChI=1S/C11H25N3O4Si/c1-5-10(19(16-2,17-3)18-4)13-6-8-14(9-7-13)11(12)15/h10H,5-9H2,1-4H3,(H2,12,15). The summed E-state index contributed by atoms with van der Waals surface area (Å²) in [4.78, 5) is 15.0. The van der Waals surface area contributed by atoms with Crippen molar-refractivity contribution in [3.63, 3.8) is 0 Å². The molecule has 0 spiro atoms. The average Bonchev–Trinajstić information content (AvgIpc) is 2.45. The first kappa shape index (κ1) is 16.4. The topological polar surface area (TPSA) is 77.3 Å². The molecule has 0 saturated carbocycles. The Kier molecular flexibility index (Phi) is 6.21. The first-order valence-corrected chi connectivity index (χ1v) is 8.28. The number of amides is 2. The lowest BCUT2D eigenvalue weighted by atomic mass is 10.3. The van der Waals surface area contributed by atoms with Gasteiger partial charge in [0.2, 0.25) is 0 Å². The van der Waals surface area contributed by atoms with Crippen LogP contribution in [-0.2, 0) is 13.3 Å². The molecule has 0 aliphatic carbocycles. The molecule has 1 fully saturated rings. The van der Waals surface area contributed by atoms with Gasteiger partial charge in [-0.05, 0) is 6.42 Å². The zero-order valence-electron chi connectivity index (χ0n) is 12.2. The molecule has 1 unspecified atom stereocenters. The third-order valence-electron chi connectivity index (χ3n) is 3.72. The fourth-order valence-electron chi connectivity index (χ4n) is 2.64. The van der Waals surface area contributed by atoms with Gasteiger partial charge in [0.25, 0.3) is 0 Å². The maximum Gasteiger partial charge on any atom is 0.518 e. The van der Waals surface area contributed by atoms with Crippen LogP contribution in [0.15, 0.2) is 0 Å². The zero-order chi connectivity index (χ0) is 14.5. The minimum atomic E-state index is -2.69. The minimum Gasteiger partial charge on any atom is -0.376 e. The normalized spacial score (nSPS) is 19.5. The van der Waals surface area contributed by atoms with Gasteiger partial charge in [-0.2, -0.15) is 0 Å². The fraction of sp³-hybridized carbons (Fsp3) is 0.909. The van der Waals surface area contributed by atoms with E-state index < -0.39 is 8.80 Å². The molecule has 1 aliphatic heterocycles. The highest BCUT2D eigenvalue weighted by Gasteiger charge is 2.49. The molecule has 112 valence electrons. The molecule has 0 bridgehead atoms. The van der Waals surface area contributed by atoms with Crippen molar-refractivity contribution in [2.45, 2.75) is 19.0 Å². The zero-order valence-corrected chi connectivity index (χ0v) is 13.2. The van der Waals surface area contributed by atoms with Gasteiger partial charge >= 0.3 is 14.8 Å². The van der Waals surface area contributed by atoms with Gasteiger partial charge in [-0.3, -0.25) is 4.90 Å². The molecule has 1 heterocycles. The fourth-order valence-corrected chi connectivity index (χ4v) is 5.17. The highest BCUT2D eigenvalue weighted by atomic mass is 28.4. The Morgan fingerprint density at radius 3 is 1.95 bits per heavy atom. The molecule has 8 heteroatoms. The molecule has 0 aromatic carbocycles. The number of rotatable bonds is 6. The van der Waals surface area contributed by atoms with Crippen LogP contribution in [0.25, 0.3) is 0 Å². The van der Waals surface area contributed by atoms with Gasteiger partial charge in [-0.25, -0.2) is 4.79 Å². The van der Waals surface area contributed by atoms with Crippen molar-refractivity contribution < 1.29 is 18.1 Å². The molecule has 2 amide bonds. The minimum absolute atomic E-state index is 0.0996. The van der Waals surface area contributed by atoms with Crippen LogP contribution in [0, 0.1) is 0 Å². The second kappa shape index (κ2) is 7.20. The van der Waals surface area contributed by atoms with E-state index in [4.69, 9.17) is 19.0 Å². The second-order valence-corrected chi connectivity index (χ2v) is 7.60. The smallest absolute Gasteiger partial charge is 0.376 e. The number of piperazine rings is 1.